The van der Waals surface area contributed by atoms with Gasteiger partial charge < -0.3 is 15.0 Å². The van der Waals surface area contributed by atoms with Crippen molar-refractivity contribution in [3.8, 4) is 11.1 Å². The second-order valence-corrected chi connectivity index (χ2v) is 5.72. The van der Waals surface area contributed by atoms with Gasteiger partial charge in [-0.2, -0.15) is 0 Å². The minimum Gasteiger partial charge on any atom is -0.378 e. The van der Waals surface area contributed by atoms with E-state index in [2.05, 4.69) is 20.2 Å². The summed E-state index contributed by atoms with van der Waals surface area (Å²) in [6.45, 7) is 5.89. The van der Waals surface area contributed by atoms with Crippen molar-refractivity contribution in [2.24, 2.45) is 0 Å². The van der Waals surface area contributed by atoms with Gasteiger partial charge >= 0.3 is 0 Å². The van der Waals surface area contributed by atoms with E-state index in [4.69, 9.17) is 4.74 Å². The van der Waals surface area contributed by atoms with Gasteiger partial charge in [-0.05, 0) is 24.6 Å². The van der Waals surface area contributed by atoms with Gasteiger partial charge in [0, 0.05) is 49.4 Å². The number of aromatic nitrogens is 2. The van der Waals surface area contributed by atoms with Crippen LogP contribution in [0.4, 0.5) is 5.82 Å². The monoisotopic (exact) mass is 326 g/mol. The highest BCUT2D eigenvalue weighted by Crippen LogP contribution is 2.21. The zero-order valence-corrected chi connectivity index (χ0v) is 13.9. The lowest BCUT2D eigenvalue weighted by Gasteiger charge is -2.27. The van der Waals surface area contributed by atoms with Crippen molar-refractivity contribution >= 4 is 11.7 Å². The molecule has 0 bridgehead atoms. The Hall–Kier alpha value is -2.47. The van der Waals surface area contributed by atoms with Gasteiger partial charge in [-0.25, -0.2) is 4.98 Å². The summed E-state index contributed by atoms with van der Waals surface area (Å²) in [6, 6.07) is 5.87. The lowest BCUT2D eigenvalue weighted by atomic mass is 10.1. The summed E-state index contributed by atoms with van der Waals surface area (Å²) in [6.07, 6.45) is 6.08. The Balaban J connectivity index is 1.75. The molecule has 3 rings (SSSR count). The molecule has 6 heteroatoms. The van der Waals surface area contributed by atoms with Crippen molar-refractivity contribution in [3.63, 3.8) is 0 Å². The number of morpholine rings is 1. The van der Waals surface area contributed by atoms with Gasteiger partial charge in [0.15, 0.2) is 0 Å². The van der Waals surface area contributed by atoms with Crippen LogP contribution in [-0.4, -0.2) is 48.7 Å². The van der Waals surface area contributed by atoms with E-state index < -0.39 is 0 Å². The first-order valence-corrected chi connectivity index (χ1v) is 8.30. The van der Waals surface area contributed by atoms with Gasteiger partial charge in [0.25, 0.3) is 5.91 Å². The third-order valence-corrected chi connectivity index (χ3v) is 3.95. The number of carbonyl (C=O) groups excluding carboxylic acids is 1. The standard InChI is InChI=1S/C18H22N4O2/c1-2-5-20-18(23)16-10-15(11-19-12-16)14-3-4-17(21-13-14)22-6-8-24-9-7-22/h3-4,10-13H,2,5-9H2,1H3,(H,20,23). The Labute approximate surface area is 141 Å². The first kappa shape index (κ1) is 16.4. The molecule has 1 aliphatic rings. The molecule has 1 aliphatic heterocycles. The molecular weight excluding hydrogens is 304 g/mol. The molecule has 2 aromatic rings. The van der Waals surface area contributed by atoms with Crippen LogP contribution in [0.1, 0.15) is 23.7 Å². The molecule has 0 unspecified atom stereocenters. The molecule has 126 valence electrons. The number of rotatable bonds is 5. The molecule has 0 saturated carbocycles. The maximum atomic E-state index is 12.1. The highest BCUT2D eigenvalue weighted by atomic mass is 16.5. The fourth-order valence-electron chi connectivity index (χ4n) is 2.60. The average molecular weight is 326 g/mol. The van der Waals surface area contributed by atoms with Crippen molar-refractivity contribution in [2.75, 3.05) is 37.7 Å². The normalized spacial score (nSPS) is 14.5. The Morgan fingerprint density at radius 1 is 1.21 bits per heavy atom. The van der Waals surface area contributed by atoms with Gasteiger partial charge in [-0.15, -0.1) is 0 Å². The molecule has 3 heterocycles. The van der Waals surface area contributed by atoms with Crippen LogP contribution >= 0.6 is 0 Å². The third kappa shape index (κ3) is 3.89. The minimum absolute atomic E-state index is 0.0934. The molecule has 1 saturated heterocycles. The van der Waals surface area contributed by atoms with Crippen molar-refractivity contribution in [2.45, 2.75) is 13.3 Å². The van der Waals surface area contributed by atoms with E-state index in [1.807, 2.05) is 31.3 Å². The number of carbonyl (C=O) groups is 1. The number of ether oxygens (including phenoxy) is 1. The molecule has 6 nitrogen and oxygen atoms in total. The molecule has 0 aliphatic carbocycles. The molecule has 1 fully saturated rings. The minimum atomic E-state index is -0.0934. The number of nitrogens with one attached hydrogen (secondary N) is 1. The van der Waals surface area contributed by atoms with Crippen LogP contribution < -0.4 is 10.2 Å². The second kappa shape index (κ2) is 7.88. The summed E-state index contributed by atoms with van der Waals surface area (Å²) in [7, 11) is 0. The molecule has 0 radical (unpaired) electrons. The summed E-state index contributed by atoms with van der Waals surface area (Å²) < 4.78 is 5.36. The van der Waals surface area contributed by atoms with Crippen LogP contribution in [0.2, 0.25) is 0 Å². The molecule has 0 aromatic carbocycles. The predicted octanol–water partition coefficient (Wildman–Crippen LogP) is 2.12. The summed E-state index contributed by atoms with van der Waals surface area (Å²) in [5.74, 6) is 0.857. The van der Waals surface area contributed by atoms with Crippen molar-refractivity contribution in [1.82, 2.24) is 15.3 Å². The van der Waals surface area contributed by atoms with Crippen LogP contribution in [0, 0.1) is 0 Å². The molecule has 0 atom stereocenters. The lowest BCUT2D eigenvalue weighted by Crippen LogP contribution is -2.36. The number of anilines is 1. The highest BCUT2D eigenvalue weighted by molar-refractivity contribution is 5.95. The molecule has 0 spiro atoms. The Morgan fingerprint density at radius 2 is 2.04 bits per heavy atom. The highest BCUT2D eigenvalue weighted by Gasteiger charge is 2.13. The first-order chi connectivity index (χ1) is 11.8. The largest absolute Gasteiger partial charge is 0.378 e. The first-order valence-electron chi connectivity index (χ1n) is 8.30. The van der Waals surface area contributed by atoms with E-state index in [0.29, 0.717) is 12.1 Å². The number of amides is 1. The van der Waals surface area contributed by atoms with Crippen LogP contribution in [0.3, 0.4) is 0 Å². The predicted molar refractivity (Wildman–Crippen MR) is 93.1 cm³/mol. The number of hydrogen-bond donors (Lipinski definition) is 1. The number of hydrogen-bond acceptors (Lipinski definition) is 5. The number of nitrogens with zero attached hydrogens (tertiary/aromatic N) is 3. The maximum Gasteiger partial charge on any atom is 0.252 e. The van der Waals surface area contributed by atoms with Gasteiger partial charge in [0.1, 0.15) is 5.82 Å². The summed E-state index contributed by atoms with van der Waals surface area (Å²) in [5, 5.41) is 2.87. The zero-order valence-electron chi connectivity index (χ0n) is 13.9. The van der Waals surface area contributed by atoms with Crippen molar-refractivity contribution < 1.29 is 9.53 Å². The fraction of sp³-hybridized carbons (Fsp3) is 0.389. The van der Waals surface area contributed by atoms with Gasteiger partial charge in [0.2, 0.25) is 0 Å². The van der Waals surface area contributed by atoms with Crippen LogP contribution in [0.25, 0.3) is 11.1 Å². The van der Waals surface area contributed by atoms with E-state index in [1.165, 1.54) is 0 Å². The second-order valence-electron chi connectivity index (χ2n) is 5.72. The van der Waals surface area contributed by atoms with Crippen LogP contribution in [0.5, 0.6) is 0 Å². The molecule has 1 amide bonds. The lowest BCUT2D eigenvalue weighted by molar-refractivity contribution is 0.0953. The van der Waals surface area contributed by atoms with Crippen molar-refractivity contribution in [3.05, 3.63) is 42.4 Å². The Bertz CT molecular complexity index is 682. The SMILES string of the molecule is CCCNC(=O)c1cncc(-c2ccc(N3CCOCC3)nc2)c1. The smallest absolute Gasteiger partial charge is 0.252 e. The summed E-state index contributed by atoms with van der Waals surface area (Å²) in [5.41, 5.74) is 2.41. The fourth-order valence-corrected chi connectivity index (χ4v) is 2.60. The summed E-state index contributed by atoms with van der Waals surface area (Å²) >= 11 is 0. The Kier molecular flexibility index (Phi) is 5.38. The molecule has 2 aromatic heterocycles. The van der Waals surface area contributed by atoms with Crippen LogP contribution in [0.15, 0.2) is 36.8 Å². The molecular formula is C18H22N4O2. The molecule has 1 N–H and O–H groups in total. The van der Waals surface area contributed by atoms with Gasteiger partial charge in [-0.1, -0.05) is 6.92 Å². The maximum absolute atomic E-state index is 12.1. The zero-order chi connectivity index (χ0) is 16.8. The van der Waals surface area contributed by atoms with E-state index in [1.54, 1.807) is 12.4 Å². The summed E-state index contributed by atoms with van der Waals surface area (Å²) in [4.78, 5) is 23.0. The van der Waals surface area contributed by atoms with E-state index in [9.17, 15) is 4.79 Å². The average Bonchev–Trinajstić information content (AvgIpc) is 2.67. The quantitative estimate of drug-likeness (QED) is 0.911. The van der Waals surface area contributed by atoms with E-state index >= 15 is 0 Å². The van der Waals surface area contributed by atoms with E-state index in [0.717, 1.165) is 49.7 Å². The Morgan fingerprint density at radius 3 is 2.75 bits per heavy atom. The van der Waals surface area contributed by atoms with Crippen LogP contribution in [-0.2, 0) is 4.74 Å². The number of pyridine rings is 2. The van der Waals surface area contributed by atoms with Gasteiger partial charge in [-0.3, -0.25) is 9.78 Å². The van der Waals surface area contributed by atoms with E-state index in [-0.39, 0.29) is 5.91 Å². The molecule has 24 heavy (non-hydrogen) atoms. The van der Waals surface area contributed by atoms with Gasteiger partial charge in [0.05, 0.1) is 18.8 Å². The topological polar surface area (TPSA) is 67.4 Å². The third-order valence-electron chi connectivity index (χ3n) is 3.95. The van der Waals surface area contributed by atoms with Crippen molar-refractivity contribution in [1.29, 1.82) is 0 Å².